The molecule has 0 bridgehead atoms. The first-order valence-electron chi connectivity index (χ1n) is 6.37. The van der Waals surface area contributed by atoms with Crippen molar-refractivity contribution in [2.24, 2.45) is 5.92 Å². The molecule has 1 saturated carbocycles. The van der Waals surface area contributed by atoms with Crippen molar-refractivity contribution >= 4 is 5.91 Å². The lowest BCUT2D eigenvalue weighted by Gasteiger charge is -2.32. The Morgan fingerprint density at radius 2 is 2.19 bits per heavy atom. The molecule has 0 radical (unpaired) electrons. The molecular weight excluding hydrogens is 204 g/mol. The van der Waals surface area contributed by atoms with Crippen molar-refractivity contribution in [3.63, 3.8) is 0 Å². The van der Waals surface area contributed by atoms with E-state index in [-0.39, 0.29) is 18.4 Å². The number of nitrogens with zero attached hydrogens (tertiary/aromatic N) is 1. The Bertz CT molecular complexity index is 253. The normalized spacial score (nSPS) is 30.1. The van der Waals surface area contributed by atoms with Gasteiger partial charge in [-0.3, -0.25) is 4.79 Å². The fourth-order valence-electron chi connectivity index (χ4n) is 2.56. The predicted molar refractivity (Wildman–Crippen MR) is 62.0 cm³/mol. The number of carbonyl (C=O) groups is 1. The van der Waals surface area contributed by atoms with Gasteiger partial charge in [-0.15, -0.1) is 0 Å². The molecule has 0 aromatic rings. The molecule has 4 nitrogen and oxygen atoms in total. The zero-order valence-electron chi connectivity index (χ0n) is 9.98. The van der Waals surface area contributed by atoms with E-state index in [4.69, 9.17) is 5.11 Å². The van der Waals surface area contributed by atoms with E-state index in [1.54, 1.807) is 0 Å². The SMILES string of the molecule is C[C@H]1C[C@@H](C(=O)N(CCO)C2CC2)CCN1. The number of amides is 1. The summed E-state index contributed by atoms with van der Waals surface area (Å²) >= 11 is 0. The highest BCUT2D eigenvalue weighted by atomic mass is 16.3. The van der Waals surface area contributed by atoms with Crippen LogP contribution >= 0.6 is 0 Å². The Labute approximate surface area is 97.0 Å². The average molecular weight is 226 g/mol. The van der Waals surface area contributed by atoms with Crippen LogP contribution in [0.5, 0.6) is 0 Å². The van der Waals surface area contributed by atoms with Crippen LogP contribution < -0.4 is 5.32 Å². The third-order valence-electron chi connectivity index (χ3n) is 3.58. The standard InChI is InChI=1S/C12H22N2O2/c1-9-8-10(4-5-13-9)12(16)14(6-7-15)11-2-3-11/h9-11,13,15H,2-8H2,1H3/t9-,10-/m0/s1. The van der Waals surface area contributed by atoms with Gasteiger partial charge in [-0.05, 0) is 39.2 Å². The first kappa shape index (κ1) is 11.9. The van der Waals surface area contributed by atoms with Gasteiger partial charge in [-0.2, -0.15) is 0 Å². The lowest BCUT2D eigenvalue weighted by molar-refractivity contribution is -0.137. The van der Waals surface area contributed by atoms with Crippen LogP contribution in [-0.2, 0) is 4.79 Å². The summed E-state index contributed by atoms with van der Waals surface area (Å²) in [6.07, 6.45) is 4.11. The van der Waals surface area contributed by atoms with Gasteiger partial charge in [-0.1, -0.05) is 0 Å². The molecule has 16 heavy (non-hydrogen) atoms. The van der Waals surface area contributed by atoms with Crippen molar-refractivity contribution in [1.82, 2.24) is 10.2 Å². The Hall–Kier alpha value is -0.610. The van der Waals surface area contributed by atoms with Gasteiger partial charge in [0, 0.05) is 24.5 Å². The Morgan fingerprint density at radius 1 is 1.44 bits per heavy atom. The van der Waals surface area contributed by atoms with Gasteiger partial charge in [0.1, 0.15) is 0 Å². The van der Waals surface area contributed by atoms with Gasteiger partial charge in [0.2, 0.25) is 5.91 Å². The Morgan fingerprint density at radius 3 is 2.75 bits per heavy atom. The largest absolute Gasteiger partial charge is 0.395 e. The summed E-state index contributed by atoms with van der Waals surface area (Å²) in [6, 6.07) is 0.864. The van der Waals surface area contributed by atoms with Crippen molar-refractivity contribution < 1.29 is 9.90 Å². The maximum Gasteiger partial charge on any atom is 0.226 e. The molecular formula is C12H22N2O2. The lowest BCUT2D eigenvalue weighted by Crippen LogP contribution is -2.45. The van der Waals surface area contributed by atoms with E-state index < -0.39 is 0 Å². The topological polar surface area (TPSA) is 52.6 Å². The summed E-state index contributed by atoms with van der Waals surface area (Å²) < 4.78 is 0. The lowest BCUT2D eigenvalue weighted by atomic mass is 9.92. The number of hydrogen-bond acceptors (Lipinski definition) is 3. The van der Waals surface area contributed by atoms with Gasteiger partial charge in [0.25, 0.3) is 0 Å². The summed E-state index contributed by atoms with van der Waals surface area (Å²) in [6.45, 7) is 3.67. The number of aliphatic hydroxyl groups is 1. The second kappa shape index (κ2) is 5.15. The highest BCUT2D eigenvalue weighted by Crippen LogP contribution is 2.29. The maximum atomic E-state index is 12.3. The van der Waals surface area contributed by atoms with Crippen LogP contribution in [0.3, 0.4) is 0 Å². The molecule has 2 N–H and O–H groups in total. The van der Waals surface area contributed by atoms with Gasteiger partial charge < -0.3 is 15.3 Å². The summed E-state index contributed by atoms with van der Waals surface area (Å²) in [4.78, 5) is 14.2. The van der Waals surface area contributed by atoms with Crippen molar-refractivity contribution in [3.8, 4) is 0 Å². The minimum Gasteiger partial charge on any atom is -0.395 e. The molecule has 1 heterocycles. The van der Waals surface area contributed by atoms with Crippen molar-refractivity contribution in [2.45, 2.75) is 44.7 Å². The highest BCUT2D eigenvalue weighted by Gasteiger charge is 2.36. The van der Waals surface area contributed by atoms with Crippen LogP contribution in [0.25, 0.3) is 0 Å². The second-order valence-electron chi connectivity index (χ2n) is 5.06. The van der Waals surface area contributed by atoms with Crippen LogP contribution in [-0.4, -0.2) is 47.7 Å². The van der Waals surface area contributed by atoms with E-state index in [9.17, 15) is 4.79 Å². The highest BCUT2D eigenvalue weighted by molar-refractivity contribution is 5.79. The monoisotopic (exact) mass is 226 g/mol. The van der Waals surface area contributed by atoms with Gasteiger partial charge in [-0.25, -0.2) is 0 Å². The number of piperidine rings is 1. The summed E-state index contributed by atoms with van der Waals surface area (Å²) in [5.74, 6) is 0.438. The molecule has 2 aliphatic rings. The molecule has 0 spiro atoms. The van der Waals surface area contributed by atoms with E-state index >= 15 is 0 Å². The fraction of sp³-hybridized carbons (Fsp3) is 0.917. The average Bonchev–Trinajstić information content (AvgIpc) is 3.09. The van der Waals surface area contributed by atoms with Gasteiger partial charge >= 0.3 is 0 Å². The zero-order valence-corrected chi connectivity index (χ0v) is 9.98. The van der Waals surface area contributed by atoms with Crippen molar-refractivity contribution in [3.05, 3.63) is 0 Å². The number of hydrogen-bond donors (Lipinski definition) is 2. The number of nitrogens with one attached hydrogen (secondary N) is 1. The molecule has 1 aliphatic heterocycles. The Balaban J connectivity index is 1.92. The third-order valence-corrected chi connectivity index (χ3v) is 3.58. The molecule has 2 fully saturated rings. The Kier molecular flexibility index (Phi) is 3.82. The number of carbonyl (C=O) groups excluding carboxylic acids is 1. The quantitative estimate of drug-likeness (QED) is 0.727. The fourth-order valence-corrected chi connectivity index (χ4v) is 2.56. The van der Waals surface area contributed by atoms with E-state index in [1.165, 1.54) is 0 Å². The minimum absolute atomic E-state index is 0.0861. The molecule has 1 aliphatic carbocycles. The smallest absolute Gasteiger partial charge is 0.226 e. The van der Waals surface area contributed by atoms with Crippen LogP contribution in [0.1, 0.15) is 32.6 Å². The number of rotatable bonds is 4. The molecule has 1 amide bonds. The van der Waals surface area contributed by atoms with Crippen LogP contribution in [0.2, 0.25) is 0 Å². The molecule has 92 valence electrons. The van der Waals surface area contributed by atoms with Gasteiger partial charge in [0.05, 0.1) is 6.61 Å². The first-order valence-corrected chi connectivity index (χ1v) is 6.37. The summed E-state index contributed by atoms with van der Waals surface area (Å²) in [7, 11) is 0. The molecule has 0 aromatic heterocycles. The van der Waals surface area contributed by atoms with Crippen LogP contribution in [0.15, 0.2) is 0 Å². The predicted octanol–water partition coefficient (Wildman–Crippen LogP) is 0.358. The van der Waals surface area contributed by atoms with Crippen molar-refractivity contribution in [1.29, 1.82) is 0 Å². The van der Waals surface area contributed by atoms with Gasteiger partial charge in [0.15, 0.2) is 0 Å². The molecule has 1 saturated heterocycles. The van der Waals surface area contributed by atoms with E-state index in [1.807, 2.05) is 4.90 Å². The van der Waals surface area contributed by atoms with E-state index in [0.717, 1.165) is 32.2 Å². The van der Waals surface area contributed by atoms with E-state index in [0.29, 0.717) is 18.6 Å². The maximum absolute atomic E-state index is 12.3. The first-order chi connectivity index (χ1) is 7.72. The second-order valence-corrected chi connectivity index (χ2v) is 5.06. The molecule has 2 atom stereocenters. The molecule has 4 heteroatoms. The number of aliphatic hydroxyl groups excluding tert-OH is 1. The van der Waals surface area contributed by atoms with Crippen molar-refractivity contribution in [2.75, 3.05) is 19.7 Å². The summed E-state index contributed by atoms with van der Waals surface area (Å²) in [5, 5.41) is 12.4. The molecule has 0 aromatic carbocycles. The summed E-state index contributed by atoms with van der Waals surface area (Å²) in [5.41, 5.74) is 0. The van der Waals surface area contributed by atoms with E-state index in [2.05, 4.69) is 12.2 Å². The third kappa shape index (κ3) is 2.74. The zero-order chi connectivity index (χ0) is 11.5. The molecule has 0 unspecified atom stereocenters. The van der Waals surface area contributed by atoms with Crippen LogP contribution in [0, 0.1) is 5.92 Å². The minimum atomic E-state index is 0.0861. The van der Waals surface area contributed by atoms with Crippen LogP contribution in [0.4, 0.5) is 0 Å². The molecule has 2 rings (SSSR count).